The molecular formula is C50H38N4O6S2. The Balaban J connectivity index is 1.32. The second-order valence-corrected chi connectivity index (χ2v) is 18.0. The third-order valence-corrected chi connectivity index (χ3v) is 14.1. The van der Waals surface area contributed by atoms with Crippen molar-refractivity contribution in [3.8, 4) is 67.9 Å². The molecule has 0 radical (unpaired) electrons. The van der Waals surface area contributed by atoms with Gasteiger partial charge in [0.05, 0.1) is 46.8 Å². The molecule has 0 spiro atoms. The SMILES string of the molecule is COc1ccc(-c2nn(-c3ccccc3)c(-c3ccc(-c4c(S(=O)(=O)c5ccccc5)c(-c5ccc(OC)cc5)nn4-c4ccccc4)cc3)c2S(=O)(=O)c2ccccc2)cc1. The maximum Gasteiger partial charge on any atom is 0.210 e. The molecule has 0 aliphatic heterocycles. The largest absolute Gasteiger partial charge is 0.497 e. The normalized spacial score (nSPS) is 11.6. The molecule has 306 valence electrons. The summed E-state index contributed by atoms with van der Waals surface area (Å²) in [6.45, 7) is 0. The van der Waals surface area contributed by atoms with E-state index in [0.717, 1.165) is 0 Å². The fraction of sp³-hybridized carbons (Fsp3) is 0.0400. The van der Waals surface area contributed by atoms with E-state index in [-0.39, 0.29) is 31.0 Å². The van der Waals surface area contributed by atoms with E-state index in [9.17, 15) is 16.8 Å². The first kappa shape index (κ1) is 39.9. The smallest absolute Gasteiger partial charge is 0.210 e. The number of sulfone groups is 2. The second-order valence-electron chi connectivity index (χ2n) is 14.2. The molecule has 0 saturated carbocycles. The lowest BCUT2D eigenvalue weighted by molar-refractivity contribution is 0.414. The predicted molar refractivity (Wildman–Crippen MR) is 239 cm³/mol. The van der Waals surface area contributed by atoms with Gasteiger partial charge in [0.25, 0.3) is 0 Å². The summed E-state index contributed by atoms with van der Waals surface area (Å²) in [5.74, 6) is 1.22. The molecule has 2 heterocycles. The number of para-hydroxylation sites is 2. The lowest BCUT2D eigenvalue weighted by Crippen LogP contribution is -2.07. The summed E-state index contributed by atoms with van der Waals surface area (Å²) in [4.78, 5) is 0.227. The number of hydrogen-bond acceptors (Lipinski definition) is 8. The number of methoxy groups -OCH3 is 2. The fourth-order valence-electron chi connectivity index (χ4n) is 7.43. The molecular weight excluding hydrogens is 817 g/mol. The minimum absolute atomic E-state index is 0.00827. The first-order valence-electron chi connectivity index (χ1n) is 19.6. The standard InChI is InChI=1S/C50H38N4O6S2/c1-59-41-31-27-35(28-32-41)45-49(61(55,56)43-19-11-5-12-20-43)47(53(51-45)39-15-7-3-8-16-39)37-23-25-38(26-24-37)48-50(62(57,58)44-21-13-6-14-22-44)46(36-29-33-42(60-2)34-30-36)52-54(48)40-17-9-4-10-18-40/h3-34H,1-2H3. The number of nitrogens with zero attached hydrogens (tertiary/aromatic N) is 4. The molecule has 62 heavy (non-hydrogen) atoms. The van der Waals surface area contributed by atoms with E-state index in [4.69, 9.17) is 19.7 Å². The summed E-state index contributed by atoms with van der Waals surface area (Å²) in [5.41, 5.74) is 4.61. The highest BCUT2D eigenvalue weighted by atomic mass is 32.2. The van der Waals surface area contributed by atoms with Crippen molar-refractivity contribution in [3.63, 3.8) is 0 Å². The van der Waals surface area contributed by atoms with E-state index in [1.807, 2.05) is 60.7 Å². The van der Waals surface area contributed by atoms with Crippen LogP contribution in [0.1, 0.15) is 0 Å². The maximum absolute atomic E-state index is 15.0. The van der Waals surface area contributed by atoms with E-state index in [1.54, 1.807) is 157 Å². The van der Waals surface area contributed by atoms with Crippen molar-refractivity contribution in [1.82, 2.24) is 19.6 Å². The Kier molecular flexibility index (Phi) is 10.6. The Hall–Kier alpha value is -7.54. The van der Waals surface area contributed by atoms with Crippen LogP contribution in [-0.4, -0.2) is 50.6 Å². The van der Waals surface area contributed by atoms with Gasteiger partial charge < -0.3 is 9.47 Å². The molecule has 12 heteroatoms. The molecule has 0 fully saturated rings. The van der Waals surface area contributed by atoms with Crippen LogP contribution < -0.4 is 9.47 Å². The average molecular weight is 855 g/mol. The van der Waals surface area contributed by atoms with Crippen LogP contribution in [0.25, 0.3) is 56.4 Å². The molecule has 0 bridgehead atoms. The third-order valence-electron chi connectivity index (χ3n) is 10.5. The van der Waals surface area contributed by atoms with Gasteiger partial charge in [0.15, 0.2) is 0 Å². The molecule has 0 amide bonds. The van der Waals surface area contributed by atoms with E-state index < -0.39 is 19.7 Å². The first-order valence-corrected chi connectivity index (χ1v) is 22.5. The van der Waals surface area contributed by atoms with Gasteiger partial charge in [-0.15, -0.1) is 0 Å². The molecule has 0 unspecified atom stereocenters. The highest BCUT2D eigenvalue weighted by molar-refractivity contribution is 7.92. The Bertz CT molecular complexity index is 3010. The molecule has 2 aromatic heterocycles. The molecule has 7 aromatic carbocycles. The summed E-state index contributed by atoms with van der Waals surface area (Å²) < 4.78 is 74.1. The first-order chi connectivity index (χ1) is 30.2. The number of ether oxygens (including phenoxy) is 2. The van der Waals surface area contributed by atoms with Crippen LogP contribution in [0.3, 0.4) is 0 Å². The summed E-state index contributed by atoms with van der Waals surface area (Å²) in [6.07, 6.45) is 0. The van der Waals surface area contributed by atoms with Crippen LogP contribution in [0.15, 0.2) is 214 Å². The van der Waals surface area contributed by atoms with Gasteiger partial charge >= 0.3 is 0 Å². The fourth-order valence-corrected chi connectivity index (χ4v) is 10.7. The van der Waals surface area contributed by atoms with Crippen molar-refractivity contribution in [3.05, 3.63) is 194 Å². The highest BCUT2D eigenvalue weighted by Gasteiger charge is 2.35. The van der Waals surface area contributed by atoms with Crippen molar-refractivity contribution in [2.24, 2.45) is 0 Å². The molecule has 0 atom stereocenters. The Morgan fingerprint density at radius 1 is 0.371 bits per heavy atom. The molecule has 0 saturated heterocycles. The Morgan fingerprint density at radius 3 is 0.968 bits per heavy atom. The van der Waals surface area contributed by atoms with Crippen LogP contribution in [0.2, 0.25) is 0 Å². The van der Waals surface area contributed by atoms with E-state index in [0.29, 0.717) is 56.5 Å². The topological polar surface area (TPSA) is 122 Å². The van der Waals surface area contributed by atoms with Crippen molar-refractivity contribution in [2.75, 3.05) is 14.2 Å². The van der Waals surface area contributed by atoms with Gasteiger partial charge in [0.1, 0.15) is 32.7 Å². The van der Waals surface area contributed by atoms with Gasteiger partial charge in [-0.1, -0.05) is 97.1 Å². The van der Waals surface area contributed by atoms with Crippen LogP contribution in [0.5, 0.6) is 11.5 Å². The summed E-state index contributed by atoms with van der Waals surface area (Å²) in [5, 5.41) is 10.1. The number of benzene rings is 7. The average Bonchev–Trinajstić information content (AvgIpc) is 3.95. The van der Waals surface area contributed by atoms with Crippen molar-refractivity contribution >= 4 is 19.7 Å². The zero-order valence-corrected chi connectivity index (χ0v) is 35.2. The van der Waals surface area contributed by atoms with Crippen molar-refractivity contribution < 1.29 is 26.3 Å². The minimum atomic E-state index is -4.21. The highest BCUT2D eigenvalue weighted by Crippen LogP contribution is 2.44. The van der Waals surface area contributed by atoms with Gasteiger partial charge in [-0.2, -0.15) is 10.2 Å². The maximum atomic E-state index is 15.0. The zero-order valence-electron chi connectivity index (χ0n) is 33.5. The quantitative estimate of drug-likeness (QED) is 0.119. The van der Waals surface area contributed by atoms with Gasteiger partial charge in [-0.3, -0.25) is 0 Å². The molecule has 0 aliphatic carbocycles. The van der Waals surface area contributed by atoms with E-state index in [2.05, 4.69) is 0 Å². The molecule has 10 nitrogen and oxygen atoms in total. The van der Waals surface area contributed by atoms with Gasteiger partial charge in [-0.05, 0) is 97.1 Å². The summed E-state index contributed by atoms with van der Waals surface area (Å²) in [6, 6.07) is 56.6. The molecule has 9 aromatic rings. The molecule has 0 aliphatic rings. The van der Waals surface area contributed by atoms with E-state index >= 15 is 0 Å². The monoisotopic (exact) mass is 854 g/mol. The number of hydrogen-bond donors (Lipinski definition) is 0. The van der Waals surface area contributed by atoms with Gasteiger partial charge in [0, 0.05) is 22.3 Å². The lowest BCUT2D eigenvalue weighted by atomic mass is 10.0. The van der Waals surface area contributed by atoms with Crippen LogP contribution in [0, 0.1) is 0 Å². The van der Waals surface area contributed by atoms with Crippen LogP contribution in [0.4, 0.5) is 0 Å². The molecule has 9 rings (SSSR count). The molecule has 0 N–H and O–H groups in total. The zero-order chi connectivity index (χ0) is 42.8. The van der Waals surface area contributed by atoms with Crippen molar-refractivity contribution in [2.45, 2.75) is 19.6 Å². The van der Waals surface area contributed by atoms with Crippen LogP contribution >= 0.6 is 0 Å². The summed E-state index contributed by atoms with van der Waals surface area (Å²) >= 11 is 0. The number of rotatable bonds is 12. The second kappa shape index (κ2) is 16.5. The van der Waals surface area contributed by atoms with Gasteiger partial charge in [0.2, 0.25) is 19.7 Å². The van der Waals surface area contributed by atoms with Crippen molar-refractivity contribution in [1.29, 1.82) is 0 Å². The Morgan fingerprint density at radius 2 is 0.661 bits per heavy atom. The van der Waals surface area contributed by atoms with Crippen LogP contribution in [-0.2, 0) is 19.7 Å². The summed E-state index contributed by atoms with van der Waals surface area (Å²) in [7, 11) is -5.28. The third kappa shape index (κ3) is 7.25. The van der Waals surface area contributed by atoms with E-state index in [1.165, 1.54) is 0 Å². The van der Waals surface area contributed by atoms with Gasteiger partial charge in [-0.25, -0.2) is 26.2 Å². The lowest BCUT2D eigenvalue weighted by Gasteiger charge is -2.14. The Labute approximate surface area is 359 Å². The minimum Gasteiger partial charge on any atom is -0.497 e. The number of aromatic nitrogens is 4. The predicted octanol–water partition coefficient (Wildman–Crippen LogP) is 10.4.